The van der Waals surface area contributed by atoms with Crippen molar-refractivity contribution in [3.8, 4) is 0 Å². The molecule has 0 aliphatic rings. The first-order valence-electron chi connectivity index (χ1n) is 5.54. The Bertz CT molecular complexity index is 438. The second kappa shape index (κ2) is 7.12. The third kappa shape index (κ3) is 6.38. The van der Waals surface area contributed by atoms with Crippen molar-refractivity contribution in [1.29, 1.82) is 0 Å². The number of thiol groups is 1. The largest absolute Gasteiger partial charge is 0.396 e. The van der Waals surface area contributed by atoms with Crippen LogP contribution >= 0.6 is 20.2 Å². The van der Waals surface area contributed by atoms with Gasteiger partial charge in [-0.1, -0.05) is 18.2 Å². The Kier molecular flexibility index (Phi) is 6.12. The number of aliphatic hydroxyl groups is 1. The molecule has 1 aromatic carbocycles. The predicted molar refractivity (Wildman–Crippen MR) is 73.8 cm³/mol. The van der Waals surface area contributed by atoms with Crippen LogP contribution in [0.5, 0.6) is 0 Å². The number of hydrogen-bond acceptors (Lipinski definition) is 3. The molecule has 0 aromatic heterocycles. The van der Waals surface area contributed by atoms with Crippen LogP contribution < -0.4 is 0 Å². The molecular weight excluding hydrogens is 271 g/mol. The Morgan fingerprint density at radius 1 is 1.28 bits per heavy atom. The van der Waals surface area contributed by atoms with Gasteiger partial charge in [0.2, 0.25) is 0 Å². The molecule has 0 aliphatic heterocycles. The molecule has 1 rings (SSSR count). The zero-order valence-electron chi connectivity index (χ0n) is 9.81. The molecule has 0 amide bonds. The first-order valence-corrected chi connectivity index (χ1v) is 7.67. The van der Waals surface area contributed by atoms with Crippen LogP contribution in [-0.2, 0) is 11.0 Å². The van der Waals surface area contributed by atoms with Gasteiger partial charge in [0.1, 0.15) is 0 Å². The van der Waals surface area contributed by atoms with E-state index in [-0.39, 0.29) is 12.5 Å². The van der Waals surface area contributed by atoms with E-state index in [2.05, 4.69) is 12.6 Å². The van der Waals surface area contributed by atoms with Crippen LogP contribution in [0.4, 0.5) is 0 Å². The van der Waals surface area contributed by atoms with Gasteiger partial charge in [-0.25, -0.2) is 0 Å². The average Bonchev–Trinajstić information content (AvgIpc) is 2.30. The Morgan fingerprint density at radius 2 is 1.89 bits per heavy atom. The molecule has 3 N–H and O–H groups in total. The molecule has 4 nitrogen and oxygen atoms in total. The fraction of sp³-hybridized carbons (Fsp3) is 0.333. The molecule has 0 radical (unpaired) electrons. The van der Waals surface area contributed by atoms with E-state index in [0.717, 1.165) is 22.7 Å². The third-order valence-electron chi connectivity index (χ3n) is 2.53. The van der Waals surface area contributed by atoms with Gasteiger partial charge in [0.05, 0.1) is 0 Å². The standard InChI is InChI=1S/C12H17O4PS/c13-9-11(7-8-17(14,15)16)2-1-10-3-5-12(18)6-4-10/h3-8,11,13,18H,1-2,9H2,(H2,14,15,16)/b8-7+. The Balaban J connectivity index is 2.52. The summed E-state index contributed by atoms with van der Waals surface area (Å²) in [6.07, 6.45) is 2.76. The van der Waals surface area contributed by atoms with Crippen LogP contribution in [-0.4, -0.2) is 21.5 Å². The molecule has 0 heterocycles. The molecule has 0 bridgehead atoms. The van der Waals surface area contributed by atoms with Crippen molar-refractivity contribution in [3.05, 3.63) is 41.7 Å². The van der Waals surface area contributed by atoms with Gasteiger partial charge in [-0.15, -0.1) is 12.6 Å². The van der Waals surface area contributed by atoms with Gasteiger partial charge in [-0.3, -0.25) is 4.57 Å². The van der Waals surface area contributed by atoms with Gasteiger partial charge in [0.15, 0.2) is 0 Å². The van der Waals surface area contributed by atoms with Gasteiger partial charge in [-0.05, 0) is 30.5 Å². The van der Waals surface area contributed by atoms with Crippen LogP contribution in [0.3, 0.4) is 0 Å². The molecule has 1 aromatic rings. The lowest BCUT2D eigenvalue weighted by molar-refractivity contribution is 0.246. The Labute approximate surface area is 112 Å². The zero-order valence-corrected chi connectivity index (χ0v) is 11.6. The van der Waals surface area contributed by atoms with Crippen molar-refractivity contribution in [2.45, 2.75) is 17.7 Å². The van der Waals surface area contributed by atoms with Crippen molar-refractivity contribution in [2.75, 3.05) is 6.61 Å². The molecule has 1 atom stereocenters. The highest BCUT2D eigenvalue weighted by atomic mass is 32.1. The molecule has 0 aliphatic carbocycles. The molecule has 18 heavy (non-hydrogen) atoms. The number of benzene rings is 1. The molecule has 0 saturated carbocycles. The van der Waals surface area contributed by atoms with Crippen molar-refractivity contribution < 1.29 is 19.5 Å². The van der Waals surface area contributed by atoms with Crippen molar-refractivity contribution in [3.63, 3.8) is 0 Å². The summed E-state index contributed by atoms with van der Waals surface area (Å²) in [5, 5.41) is 9.13. The minimum Gasteiger partial charge on any atom is -0.396 e. The summed E-state index contributed by atoms with van der Waals surface area (Å²) in [6, 6.07) is 7.67. The van der Waals surface area contributed by atoms with Gasteiger partial charge < -0.3 is 14.9 Å². The summed E-state index contributed by atoms with van der Waals surface area (Å²) in [5.41, 5.74) is 1.11. The van der Waals surface area contributed by atoms with E-state index in [4.69, 9.17) is 14.9 Å². The highest BCUT2D eigenvalue weighted by Crippen LogP contribution is 2.36. The number of aliphatic hydroxyl groups excluding tert-OH is 1. The molecule has 0 fully saturated rings. The highest BCUT2D eigenvalue weighted by molar-refractivity contribution is 7.80. The second-order valence-electron chi connectivity index (χ2n) is 4.08. The monoisotopic (exact) mass is 288 g/mol. The fourth-order valence-electron chi connectivity index (χ4n) is 1.50. The van der Waals surface area contributed by atoms with E-state index in [1.165, 1.54) is 6.08 Å². The SMILES string of the molecule is O=P(O)(O)/C=C/C(CO)CCc1ccc(S)cc1. The maximum Gasteiger partial charge on any atom is 0.348 e. The lowest BCUT2D eigenvalue weighted by atomic mass is 10.0. The van der Waals surface area contributed by atoms with Crippen LogP contribution in [0.15, 0.2) is 41.1 Å². The van der Waals surface area contributed by atoms with Crippen LogP contribution in [0.2, 0.25) is 0 Å². The lowest BCUT2D eigenvalue weighted by Crippen LogP contribution is -2.04. The summed E-state index contributed by atoms with van der Waals surface area (Å²) in [4.78, 5) is 18.3. The van der Waals surface area contributed by atoms with E-state index in [0.29, 0.717) is 6.42 Å². The third-order valence-corrected chi connectivity index (χ3v) is 3.39. The smallest absolute Gasteiger partial charge is 0.348 e. The quantitative estimate of drug-likeness (QED) is 0.478. The minimum atomic E-state index is -4.14. The van der Waals surface area contributed by atoms with E-state index in [1.54, 1.807) is 0 Å². The normalized spacial score (nSPS) is 14.0. The summed E-state index contributed by atoms with van der Waals surface area (Å²) in [6.45, 7) is -0.124. The van der Waals surface area contributed by atoms with Gasteiger partial charge >= 0.3 is 7.60 Å². The van der Waals surface area contributed by atoms with Crippen molar-refractivity contribution >= 4 is 20.2 Å². The lowest BCUT2D eigenvalue weighted by Gasteiger charge is -2.09. The van der Waals surface area contributed by atoms with E-state index >= 15 is 0 Å². The predicted octanol–water partition coefficient (Wildman–Crippen LogP) is 2.21. The second-order valence-corrected chi connectivity index (χ2v) is 6.07. The minimum absolute atomic E-state index is 0.124. The van der Waals surface area contributed by atoms with Crippen LogP contribution in [0.25, 0.3) is 0 Å². The zero-order chi connectivity index (χ0) is 13.6. The molecule has 0 spiro atoms. The number of aryl methyl sites for hydroxylation is 1. The number of rotatable bonds is 6. The summed E-state index contributed by atoms with van der Waals surface area (Å²) in [7, 11) is -4.14. The highest BCUT2D eigenvalue weighted by Gasteiger charge is 2.09. The first kappa shape index (κ1) is 15.5. The van der Waals surface area contributed by atoms with Crippen LogP contribution in [0, 0.1) is 5.92 Å². The molecular formula is C12H17O4PS. The number of hydrogen-bond donors (Lipinski definition) is 4. The van der Waals surface area contributed by atoms with Gasteiger partial charge in [0, 0.05) is 23.2 Å². The molecule has 1 unspecified atom stereocenters. The van der Waals surface area contributed by atoms with E-state index < -0.39 is 7.60 Å². The maximum atomic E-state index is 10.7. The molecule has 0 saturated heterocycles. The molecule has 100 valence electrons. The van der Waals surface area contributed by atoms with Crippen molar-refractivity contribution in [1.82, 2.24) is 0 Å². The maximum absolute atomic E-state index is 10.7. The van der Waals surface area contributed by atoms with E-state index in [9.17, 15) is 4.57 Å². The topological polar surface area (TPSA) is 77.8 Å². The van der Waals surface area contributed by atoms with E-state index in [1.807, 2.05) is 24.3 Å². The van der Waals surface area contributed by atoms with Crippen molar-refractivity contribution in [2.24, 2.45) is 5.92 Å². The fourth-order valence-corrected chi connectivity index (χ4v) is 2.11. The summed E-state index contributed by atoms with van der Waals surface area (Å²) < 4.78 is 10.7. The Morgan fingerprint density at radius 3 is 2.39 bits per heavy atom. The van der Waals surface area contributed by atoms with Gasteiger partial charge in [0.25, 0.3) is 0 Å². The molecule has 6 heteroatoms. The Hall–Kier alpha value is -0.580. The average molecular weight is 288 g/mol. The summed E-state index contributed by atoms with van der Waals surface area (Å²) >= 11 is 4.19. The van der Waals surface area contributed by atoms with Crippen LogP contribution in [0.1, 0.15) is 12.0 Å². The first-order chi connectivity index (χ1) is 8.40. The summed E-state index contributed by atoms with van der Waals surface area (Å²) in [5.74, 6) is 0.610. The van der Waals surface area contributed by atoms with Gasteiger partial charge in [-0.2, -0.15) is 0 Å².